The Labute approximate surface area is 234 Å². The predicted octanol–water partition coefficient (Wildman–Crippen LogP) is 2.63. The third-order valence-electron chi connectivity index (χ3n) is 6.91. The van der Waals surface area contributed by atoms with Crippen LogP contribution in [0, 0.1) is 10.1 Å². The molecule has 3 aromatic rings. The fraction of sp³-hybridized carbons (Fsp3) is 0.400. The first-order valence-corrected chi connectivity index (χ1v) is 15.0. The summed E-state index contributed by atoms with van der Waals surface area (Å²) in [4.78, 5) is 45.6. The molecule has 0 unspecified atom stereocenters. The normalized spacial score (nSPS) is 16.8. The summed E-state index contributed by atoms with van der Waals surface area (Å²) in [6, 6.07) is 10.5. The molecule has 212 valence electrons. The second-order valence-electron chi connectivity index (χ2n) is 9.30. The number of piperazine rings is 2. The van der Waals surface area contributed by atoms with Crippen LogP contribution in [-0.2, 0) is 14.8 Å². The van der Waals surface area contributed by atoms with Gasteiger partial charge in [-0.15, -0.1) is 0 Å². The van der Waals surface area contributed by atoms with E-state index in [2.05, 4.69) is 9.88 Å². The molecule has 13 nitrogen and oxygen atoms in total. The van der Waals surface area contributed by atoms with Crippen LogP contribution in [0.5, 0.6) is 0 Å². The van der Waals surface area contributed by atoms with E-state index in [0.717, 1.165) is 9.83 Å². The molecule has 40 heavy (non-hydrogen) atoms. The number of nitro benzene ring substituents is 1. The van der Waals surface area contributed by atoms with Gasteiger partial charge < -0.3 is 19.4 Å². The fourth-order valence-electron chi connectivity index (χ4n) is 4.68. The van der Waals surface area contributed by atoms with E-state index in [1.807, 2.05) is 0 Å². The topological polar surface area (TPSA) is 146 Å². The number of sulfonamides is 1. The second-order valence-corrected chi connectivity index (χ2v) is 12.2. The lowest BCUT2D eigenvalue weighted by molar-refractivity contribution is -0.384. The first kappa shape index (κ1) is 27.7. The highest BCUT2D eigenvalue weighted by Gasteiger charge is 2.31. The number of rotatable bonds is 6. The fourth-order valence-corrected chi connectivity index (χ4v) is 7.15. The van der Waals surface area contributed by atoms with E-state index >= 15 is 0 Å². The molecule has 0 N–H and O–H groups in total. The summed E-state index contributed by atoms with van der Waals surface area (Å²) in [5, 5.41) is 11.8. The van der Waals surface area contributed by atoms with Crippen molar-refractivity contribution >= 4 is 54.4 Å². The van der Waals surface area contributed by atoms with Gasteiger partial charge in [0.15, 0.2) is 5.13 Å². The minimum absolute atomic E-state index is 0.0218. The molecular formula is C25H28N6O7S2. The van der Waals surface area contributed by atoms with E-state index in [0.29, 0.717) is 37.3 Å². The number of thiazole rings is 1. The third-order valence-corrected chi connectivity index (χ3v) is 9.90. The Hall–Kier alpha value is -3.82. The maximum Gasteiger partial charge on any atom is 0.409 e. The number of hydrogen-bond acceptors (Lipinski definition) is 10. The number of carbonyl (C=O) groups excluding carboxylic acids is 2. The van der Waals surface area contributed by atoms with Gasteiger partial charge in [-0.3, -0.25) is 14.9 Å². The first-order chi connectivity index (χ1) is 19.2. The van der Waals surface area contributed by atoms with Crippen molar-refractivity contribution in [3.8, 4) is 0 Å². The van der Waals surface area contributed by atoms with Crippen LogP contribution in [0.4, 0.5) is 15.6 Å². The monoisotopic (exact) mass is 588 g/mol. The van der Waals surface area contributed by atoms with Gasteiger partial charge in [-0.1, -0.05) is 11.3 Å². The van der Waals surface area contributed by atoms with Crippen LogP contribution in [0.25, 0.3) is 10.2 Å². The van der Waals surface area contributed by atoms with Crippen molar-refractivity contribution in [3.63, 3.8) is 0 Å². The van der Waals surface area contributed by atoms with Crippen molar-refractivity contribution in [3.05, 3.63) is 58.1 Å². The van der Waals surface area contributed by atoms with Crippen LogP contribution in [0.15, 0.2) is 47.4 Å². The van der Waals surface area contributed by atoms with Crippen molar-refractivity contribution in [1.82, 2.24) is 19.1 Å². The number of benzene rings is 2. The third kappa shape index (κ3) is 5.57. The molecule has 0 aliphatic carbocycles. The Morgan fingerprint density at radius 1 is 0.975 bits per heavy atom. The molecule has 2 amide bonds. The van der Waals surface area contributed by atoms with Crippen molar-refractivity contribution in [1.29, 1.82) is 0 Å². The smallest absolute Gasteiger partial charge is 0.409 e. The highest BCUT2D eigenvalue weighted by Crippen LogP contribution is 2.32. The summed E-state index contributed by atoms with van der Waals surface area (Å²) in [6.45, 7) is 4.82. The van der Waals surface area contributed by atoms with Crippen molar-refractivity contribution in [2.24, 2.45) is 0 Å². The van der Waals surface area contributed by atoms with E-state index in [1.165, 1.54) is 56.9 Å². The van der Waals surface area contributed by atoms with Gasteiger partial charge in [0.25, 0.3) is 11.6 Å². The molecule has 2 fully saturated rings. The molecular weight excluding hydrogens is 560 g/mol. The SMILES string of the molecule is CCOC(=O)N1CCN(S(=O)(=O)c2ccc(C(=O)N3CCN(c4nc5ccc([N+](=O)[O-])cc5s4)CC3)cc2)CC1. The summed E-state index contributed by atoms with van der Waals surface area (Å²) in [5.41, 5.74) is 1.11. The van der Waals surface area contributed by atoms with Crippen LogP contribution < -0.4 is 4.90 Å². The van der Waals surface area contributed by atoms with Gasteiger partial charge in [-0.25, -0.2) is 18.2 Å². The van der Waals surface area contributed by atoms with Gasteiger partial charge in [0.05, 0.1) is 26.6 Å². The quantitative estimate of drug-likeness (QED) is 0.313. The molecule has 2 aromatic carbocycles. The second kappa shape index (κ2) is 11.3. The number of nitrogens with zero attached hydrogens (tertiary/aromatic N) is 6. The van der Waals surface area contributed by atoms with E-state index in [9.17, 15) is 28.1 Å². The van der Waals surface area contributed by atoms with Gasteiger partial charge in [-0.2, -0.15) is 4.31 Å². The lowest BCUT2D eigenvalue weighted by Gasteiger charge is -2.34. The Morgan fingerprint density at radius 2 is 1.62 bits per heavy atom. The van der Waals surface area contributed by atoms with Gasteiger partial charge in [0.1, 0.15) is 0 Å². The minimum atomic E-state index is -3.77. The number of ether oxygens (including phenoxy) is 1. The molecule has 5 rings (SSSR count). The standard InChI is InChI=1S/C25H28N6O7S2/c1-2-38-25(33)29-13-15-30(16-14-29)40(36,37)20-6-3-18(4-7-20)23(32)27-9-11-28(12-10-27)24-26-21-8-5-19(31(34)35)17-22(21)39-24/h3-8,17H,2,9-16H2,1H3. The Kier molecular flexibility index (Phi) is 7.87. The van der Waals surface area contributed by atoms with E-state index in [-0.39, 0.29) is 49.3 Å². The number of anilines is 1. The molecule has 1 aromatic heterocycles. The summed E-state index contributed by atoms with van der Waals surface area (Å²) < 4.78 is 33.3. The van der Waals surface area contributed by atoms with Crippen molar-refractivity contribution < 1.29 is 27.7 Å². The Bertz CT molecular complexity index is 1530. The number of hydrogen-bond donors (Lipinski definition) is 0. The number of amides is 2. The highest BCUT2D eigenvalue weighted by molar-refractivity contribution is 7.89. The van der Waals surface area contributed by atoms with Gasteiger partial charge >= 0.3 is 6.09 Å². The summed E-state index contributed by atoms with van der Waals surface area (Å²) in [6.07, 6.45) is -0.449. The van der Waals surface area contributed by atoms with Crippen molar-refractivity contribution in [2.45, 2.75) is 11.8 Å². The zero-order chi connectivity index (χ0) is 28.4. The van der Waals surface area contributed by atoms with E-state index < -0.39 is 21.0 Å². The van der Waals surface area contributed by atoms with Crippen LogP contribution in [0.3, 0.4) is 0 Å². The number of aromatic nitrogens is 1. The summed E-state index contributed by atoms with van der Waals surface area (Å²) >= 11 is 1.38. The zero-order valence-corrected chi connectivity index (χ0v) is 23.4. The van der Waals surface area contributed by atoms with Crippen LogP contribution in [0.1, 0.15) is 17.3 Å². The average molecular weight is 589 g/mol. The van der Waals surface area contributed by atoms with E-state index in [1.54, 1.807) is 17.9 Å². The van der Waals surface area contributed by atoms with Crippen LogP contribution >= 0.6 is 11.3 Å². The maximum atomic E-state index is 13.1. The number of nitro groups is 1. The summed E-state index contributed by atoms with van der Waals surface area (Å²) in [7, 11) is -3.77. The molecule has 0 bridgehead atoms. The molecule has 2 aliphatic heterocycles. The Balaban J connectivity index is 1.18. The van der Waals surface area contributed by atoms with Crippen LogP contribution in [-0.4, -0.2) is 103 Å². The zero-order valence-electron chi connectivity index (χ0n) is 21.8. The highest BCUT2D eigenvalue weighted by atomic mass is 32.2. The molecule has 0 atom stereocenters. The first-order valence-electron chi connectivity index (χ1n) is 12.8. The largest absolute Gasteiger partial charge is 0.450 e. The Morgan fingerprint density at radius 3 is 2.25 bits per heavy atom. The number of fused-ring (bicyclic) bond motifs is 1. The van der Waals surface area contributed by atoms with E-state index in [4.69, 9.17) is 4.74 Å². The number of carbonyl (C=O) groups is 2. The maximum absolute atomic E-state index is 13.1. The van der Waals surface area contributed by atoms with Gasteiger partial charge in [0, 0.05) is 70.1 Å². The van der Waals surface area contributed by atoms with Gasteiger partial charge in [0.2, 0.25) is 10.0 Å². The van der Waals surface area contributed by atoms with Gasteiger partial charge in [-0.05, 0) is 37.3 Å². The lowest BCUT2D eigenvalue weighted by atomic mass is 10.2. The minimum Gasteiger partial charge on any atom is -0.450 e. The lowest BCUT2D eigenvalue weighted by Crippen LogP contribution is -2.50. The number of non-ortho nitro benzene ring substituents is 1. The molecule has 3 heterocycles. The molecule has 0 saturated carbocycles. The molecule has 15 heteroatoms. The predicted molar refractivity (Wildman–Crippen MR) is 148 cm³/mol. The molecule has 2 saturated heterocycles. The van der Waals surface area contributed by atoms with Crippen molar-refractivity contribution in [2.75, 3.05) is 63.9 Å². The molecule has 0 radical (unpaired) electrons. The molecule has 2 aliphatic rings. The average Bonchev–Trinajstić information content (AvgIpc) is 3.41. The summed E-state index contributed by atoms with van der Waals surface area (Å²) in [5.74, 6) is -0.188. The van der Waals surface area contributed by atoms with Crippen LogP contribution in [0.2, 0.25) is 0 Å². The molecule has 0 spiro atoms.